The fourth-order valence-electron chi connectivity index (χ4n) is 1.05. The van der Waals surface area contributed by atoms with Crippen LogP contribution < -0.4 is 16.4 Å². The van der Waals surface area contributed by atoms with Crippen molar-refractivity contribution in [1.82, 2.24) is 10.6 Å². The minimum absolute atomic E-state index is 0.356. The van der Waals surface area contributed by atoms with E-state index in [1.165, 1.54) is 6.92 Å². The summed E-state index contributed by atoms with van der Waals surface area (Å²) in [7, 11) is 0. The summed E-state index contributed by atoms with van der Waals surface area (Å²) in [5, 5.41) is 13.5. The molecule has 2 atom stereocenters. The van der Waals surface area contributed by atoms with Gasteiger partial charge in [-0.3, -0.25) is 9.59 Å². The third-order valence-corrected chi connectivity index (χ3v) is 2.30. The van der Waals surface area contributed by atoms with Crippen LogP contribution in [-0.2, 0) is 9.59 Å². The number of carbonyl (C=O) groups is 3. The lowest BCUT2D eigenvalue weighted by molar-refractivity contribution is -0.141. The van der Waals surface area contributed by atoms with Crippen LogP contribution in [0.15, 0.2) is 0 Å². The Bertz CT molecular complexity index is 293. The number of hydrogen-bond donors (Lipinski definition) is 4. The molecule has 0 heterocycles. The quantitative estimate of drug-likeness (QED) is 0.458. The van der Waals surface area contributed by atoms with Crippen molar-refractivity contribution in [1.29, 1.82) is 0 Å². The van der Waals surface area contributed by atoms with Gasteiger partial charge >= 0.3 is 12.0 Å². The Morgan fingerprint density at radius 3 is 2.35 bits per heavy atom. The van der Waals surface area contributed by atoms with Crippen LogP contribution in [-0.4, -0.2) is 35.6 Å². The summed E-state index contributed by atoms with van der Waals surface area (Å²) in [5.74, 6) is -1.89. The minimum Gasteiger partial charge on any atom is -0.481 e. The summed E-state index contributed by atoms with van der Waals surface area (Å²) in [4.78, 5) is 32.3. The van der Waals surface area contributed by atoms with Crippen LogP contribution in [0.4, 0.5) is 4.79 Å². The number of aliphatic carboxylic acids is 1. The first kappa shape index (κ1) is 15.2. The van der Waals surface area contributed by atoms with Gasteiger partial charge in [-0.25, -0.2) is 4.79 Å². The molecule has 0 bridgehead atoms. The molecular formula is C10H19N3O4. The monoisotopic (exact) mass is 245 g/mol. The number of carboxylic acid groups (broad SMARTS) is 1. The molecule has 0 aliphatic heterocycles. The molecule has 7 heteroatoms. The van der Waals surface area contributed by atoms with Crippen LogP contribution in [0.2, 0.25) is 0 Å². The molecule has 0 aromatic rings. The molecule has 17 heavy (non-hydrogen) atoms. The predicted molar refractivity (Wildman–Crippen MR) is 61.2 cm³/mol. The molecule has 98 valence electrons. The second-order valence-corrected chi connectivity index (χ2v) is 3.91. The van der Waals surface area contributed by atoms with Crippen molar-refractivity contribution in [3.63, 3.8) is 0 Å². The fraction of sp³-hybridized carbons (Fsp3) is 0.700. The first-order valence-corrected chi connectivity index (χ1v) is 5.41. The van der Waals surface area contributed by atoms with Crippen LogP contribution in [0.25, 0.3) is 0 Å². The number of carbonyl (C=O) groups excluding carboxylic acids is 2. The third kappa shape index (κ3) is 7.15. The Morgan fingerprint density at radius 1 is 1.29 bits per heavy atom. The van der Waals surface area contributed by atoms with Gasteiger partial charge in [-0.15, -0.1) is 0 Å². The van der Waals surface area contributed by atoms with E-state index in [0.29, 0.717) is 19.4 Å². The molecule has 0 aromatic heterocycles. The highest BCUT2D eigenvalue weighted by atomic mass is 16.4. The number of nitrogens with two attached hydrogens (primary N) is 1. The molecule has 7 nitrogen and oxygen atoms in total. The Balaban J connectivity index is 3.65. The van der Waals surface area contributed by atoms with Crippen LogP contribution in [0, 0.1) is 5.92 Å². The van der Waals surface area contributed by atoms with Gasteiger partial charge in [0.05, 0.1) is 5.92 Å². The van der Waals surface area contributed by atoms with E-state index in [4.69, 9.17) is 10.8 Å². The van der Waals surface area contributed by atoms with Gasteiger partial charge in [0, 0.05) is 6.54 Å². The third-order valence-electron chi connectivity index (χ3n) is 2.30. The van der Waals surface area contributed by atoms with E-state index in [-0.39, 0.29) is 0 Å². The number of nitrogens with one attached hydrogen (secondary N) is 2. The first-order chi connectivity index (χ1) is 7.84. The van der Waals surface area contributed by atoms with Gasteiger partial charge < -0.3 is 21.5 Å². The maximum absolute atomic E-state index is 11.2. The molecule has 3 amide bonds. The lowest BCUT2D eigenvalue weighted by atomic mass is 10.1. The molecule has 0 aliphatic carbocycles. The number of urea groups is 1. The van der Waals surface area contributed by atoms with Crippen LogP contribution in [0.3, 0.4) is 0 Å². The Kier molecular flexibility index (Phi) is 6.69. The van der Waals surface area contributed by atoms with Gasteiger partial charge in [-0.1, -0.05) is 6.92 Å². The molecule has 0 saturated carbocycles. The van der Waals surface area contributed by atoms with E-state index >= 15 is 0 Å². The van der Waals surface area contributed by atoms with Crippen molar-refractivity contribution in [3.8, 4) is 0 Å². The minimum atomic E-state index is -0.850. The fourth-order valence-corrected chi connectivity index (χ4v) is 1.05. The summed E-state index contributed by atoms with van der Waals surface area (Å²) in [6.07, 6.45) is 1.05. The lowest BCUT2D eigenvalue weighted by Gasteiger charge is -2.11. The summed E-state index contributed by atoms with van der Waals surface area (Å²) in [5.41, 5.74) is 4.97. The number of primary amides is 1. The van der Waals surface area contributed by atoms with Crippen molar-refractivity contribution in [2.45, 2.75) is 32.7 Å². The molecule has 0 aliphatic rings. The van der Waals surface area contributed by atoms with Crippen molar-refractivity contribution in [2.24, 2.45) is 11.7 Å². The van der Waals surface area contributed by atoms with E-state index in [9.17, 15) is 14.4 Å². The van der Waals surface area contributed by atoms with Crippen molar-refractivity contribution in [3.05, 3.63) is 0 Å². The molecule has 0 rings (SSSR count). The van der Waals surface area contributed by atoms with Gasteiger partial charge in [0.15, 0.2) is 0 Å². The lowest BCUT2D eigenvalue weighted by Crippen LogP contribution is -2.47. The second-order valence-electron chi connectivity index (χ2n) is 3.91. The number of rotatable bonds is 7. The van der Waals surface area contributed by atoms with E-state index in [1.807, 2.05) is 0 Å². The van der Waals surface area contributed by atoms with Crippen molar-refractivity contribution in [2.75, 3.05) is 6.54 Å². The topological polar surface area (TPSA) is 122 Å². The maximum Gasteiger partial charge on any atom is 0.315 e. The zero-order valence-corrected chi connectivity index (χ0v) is 10.0. The maximum atomic E-state index is 11.2. The zero-order valence-electron chi connectivity index (χ0n) is 10.0. The summed E-state index contributed by atoms with van der Waals surface area (Å²) in [6, 6.07) is -1.22. The summed E-state index contributed by atoms with van der Waals surface area (Å²) in [6.45, 7) is 3.45. The van der Waals surface area contributed by atoms with Gasteiger partial charge in [0.25, 0.3) is 0 Å². The Morgan fingerprint density at radius 2 is 1.88 bits per heavy atom. The first-order valence-electron chi connectivity index (χ1n) is 5.41. The highest BCUT2D eigenvalue weighted by Crippen LogP contribution is 2.03. The van der Waals surface area contributed by atoms with E-state index in [1.54, 1.807) is 6.92 Å². The molecule has 0 aromatic carbocycles. The van der Waals surface area contributed by atoms with E-state index in [0.717, 1.165) is 0 Å². The average Bonchev–Trinajstić information content (AvgIpc) is 2.23. The molecule has 0 radical (unpaired) electrons. The molecule has 2 unspecified atom stereocenters. The van der Waals surface area contributed by atoms with Gasteiger partial charge in [-0.05, 0) is 19.8 Å². The average molecular weight is 245 g/mol. The zero-order chi connectivity index (χ0) is 13.4. The Hall–Kier alpha value is -1.79. The smallest absolute Gasteiger partial charge is 0.315 e. The van der Waals surface area contributed by atoms with Gasteiger partial charge in [-0.2, -0.15) is 0 Å². The molecule has 0 saturated heterocycles. The number of amides is 3. The normalized spacial score (nSPS) is 13.5. The van der Waals surface area contributed by atoms with Crippen LogP contribution in [0.1, 0.15) is 26.7 Å². The van der Waals surface area contributed by atoms with E-state index in [2.05, 4.69) is 10.6 Å². The summed E-state index contributed by atoms with van der Waals surface area (Å²) < 4.78 is 0. The largest absolute Gasteiger partial charge is 0.481 e. The molecular weight excluding hydrogens is 226 g/mol. The van der Waals surface area contributed by atoms with Crippen molar-refractivity contribution < 1.29 is 19.5 Å². The number of carboxylic acids is 1. The highest BCUT2D eigenvalue weighted by Gasteiger charge is 2.12. The Labute approximate surface area is 99.7 Å². The molecule has 5 N–H and O–H groups in total. The second kappa shape index (κ2) is 7.48. The standard InChI is InChI=1S/C10H19N3O4/c1-6(9(15)16)4-3-5-12-10(17)13-7(2)8(11)14/h6-7H,3-5H2,1-2H3,(H2,11,14)(H,15,16)(H2,12,13,17). The highest BCUT2D eigenvalue weighted by molar-refractivity contribution is 5.85. The summed E-state index contributed by atoms with van der Waals surface area (Å²) >= 11 is 0. The number of hydrogen-bond acceptors (Lipinski definition) is 3. The van der Waals surface area contributed by atoms with Gasteiger partial charge in [0.2, 0.25) is 5.91 Å². The van der Waals surface area contributed by atoms with E-state index < -0.39 is 29.9 Å². The van der Waals surface area contributed by atoms with Crippen LogP contribution >= 0.6 is 0 Å². The molecule has 0 spiro atoms. The predicted octanol–water partition coefficient (Wildman–Crippen LogP) is -0.340. The SMILES string of the molecule is CC(CCCNC(=O)NC(C)C(N)=O)C(=O)O. The van der Waals surface area contributed by atoms with Gasteiger partial charge in [0.1, 0.15) is 6.04 Å². The van der Waals surface area contributed by atoms with Crippen LogP contribution in [0.5, 0.6) is 0 Å². The van der Waals surface area contributed by atoms with Crippen molar-refractivity contribution >= 4 is 17.9 Å². The molecule has 0 fully saturated rings.